The van der Waals surface area contributed by atoms with Gasteiger partial charge in [0.1, 0.15) is 12.1 Å². The summed E-state index contributed by atoms with van der Waals surface area (Å²) in [5.41, 5.74) is 1.96. The second-order valence-electron chi connectivity index (χ2n) is 7.16. The summed E-state index contributed by atoms with van der Waals surface area (Å²) in [5.74, 6) is 0.368. The molecule has 2 aromatic heterocycles. The van der Waals surface area contributed by atoms with Crippen LogP contribution in [0.15, 0.2) is 79.1 Å². The van der Waals surface area contributed by atoms with Gasteiger partial charge in [-0.1, -0.05) is 42.5 Å². The smallest absolute Gasteiger partial charge is 0.373 e. The third-order valence-electron chi connectivity index (χ3n) is 5.05. The van der Waals surface area contributed by atoms with Crippen LogP contribution in [0.1, 0.15) is 5.69 Å². The lowest BCUT2D eigenvalue weighted by Gasteiger charge is -2.12. The number of anilines is 2. The Balaban J connectivity index is 1.58. The summed E-state index contributed by atoms with van der Waals surface area (Å²) in [6.07, 6.45) is 1.24. The van der Waals surface area contributed by atoms with E-state index in [1.807, 2.05) is 73.7 Å². The Hall–Kier alpha value is -4.59. The predicted octanol–water partition coefficient (Wildman–Crippen LogP) is 5.93. The molecule has 0 bridgehead atoms. The van der Waals surface area contributed by atoms with E-state index in [0.29, 0.717) is 11.4 Å². The molecule has 2 heterocycles. The topological polar surface area (TPSA) is 103 Å². The number of aryl methyl sites for hydroxylation is 1. The van der Waals surface area contributed by atoms with Crippen molar-refractivity contribution in [1.82, 2.24) is 15.0 Å². The summed E-state index contributed by atoms with van der Waals surface area (Å²) in [5, 5.41) is 17.7. The minimum atomic E-state index is -0.545. The molecule has 0 spiro atoms. The van der Waals surface area contributed by atoms with Gasteiger partial charge in [-0.2, -0.15) is 4.98 Å². The molecular weight excluding hydrogens is 406 g/mol. The standard InChI is InChI=1S/C24H17N5O3/c1-15-12-13-18-19(27-15)9-5-10-20(18)28-23-22(29(30)31)24(26-14-25-23)32-21-11-4-7-16-6-2-3-8-17(16)21/h2-14H,1H3,(H,25,26,28). The third-order valence-corrected chi connectivity index (χ3v) is 5.05. The third kappa shape index (κ3) is 3.54. The summed E-state index contributed by atoms with van der Waals surface area (Å²) in [6, 6.07) is 22.5. The molecule has 0 unspecified atom stereocenters. The van der Waals surface area contributed by atoms with E-state index in [4.69, 9.17) is 4.74 Å². The number of pyridine rings is 1. The molecule has 0 saturated carbocycles. The van der Waals surface area contributed by atoms with Crippen molar-refractivity contribution in [3.05, 3.63) is 94.9 Å². The van der Waals surface area contributed by atoms with Crippen molar-refractivity contribution in [3.8, 4) is 11.6 Å². The molecule has 8 heteroatoms. The van der Waals surface area contributed by atoms with E-state index in [2.05, 4.69) is 20.3 Å². The van der Waals surface area contributed by atoms with Gasteiger partial charge in [0.05, 0.1) is 10.4 Å². The Labute approximate surface area is 182 Å². The Kier molecular flexibility index (Phi) is 4.79. The zero-order valence-electron chi connectivity index (χ0n) is 17.0. The fourth-order valence-electron chi connectivity index (χ4n) is 3.58. The SMILES string of the molecule is Cc1ccc2c(Nc3ncnc(Oc4cccc5ccccc45)c3[N+](=O)[O-])cccc2n1. The van der Waals surface area contributed by atoms with Crippen LogP contribution in [-0.4, -0.2) is 19.9 Å². The van der Waals surface area contributed by atoms with Gasteiger partial charge in [-0.15, -0.1) is 0 Å². The molecule has 8 nitrogen and oxygen atoms in total. The molecule has 0 fully saturated rings. The largest absolute Gasteiger partial charge is 0.433 e. The first-order valence-corrected chi connectivity index (χ1v) is 9.88. The average Bonchev–Trinajstić information content (AvgIpc) is 2.79. The van der Waals surface area contributed by atoms with Crippen LogP contribution in [-0.2, 0) is 0 Å². The van der Waals surface area contributed by atoms with Crippen LogP contribution in [0.2, 0.25) is 0 Å². The van der Waals surface area contributed by atoms with Crippen LogP contribution in [0.25, 0.3) is 21.7 Å². The number of nitro groups is 1. The van der Waals surface area contributed by atoms with Crippen molar-refractivity contribution >= 4 is 38.9 Å². The number of fused-ring (bicyclic) bond motifs is 2. The lowest BCUT2D eigenvalue weighted by Crippen LogP contribution is -2.04. The van der Waals surface area contributed by atoms with Crippen molar-refractivity contribution in [2.24, 2.45) is 0 Å². The first kappa shape index (κ1) is 19.4. The Morgan fingerprint density at radius 3 is 2.59 bits per heavy atom. The van der Waals surface area contributed by atoms with E-state index >= 15 is 0 Å². The van der Waals surface area contributed by atoms with Crippen molar-refractivity contribution < 1.29 is 9.66 Å². The molecule has 0 saturated heterocycles. The Morgan fingerprint density at radius 1 is 0.906 bits per heavy atom. The number of rotatable bonds is 5. The van der Waals surface area contributed by atoms with E-state index in [0.717, 1.165) is 27.4 Å². The molecule has 3 aromatic carbocycles. The van der Waals surface area contributed by atoms with Gasteiger partial charge in [-0.3, -0.25) is 15.1 Å². The Bertz CT molecular complexity index is 1480. The molecule has 0 aliphatic carbocycles. The molecule has 1 N–H and O–H groups in total. The number of ether oxygens (including phenoxy) is 1. The van der Waals surface area contributed by atoms with E-state index in [-0.39, 0.29) is 17.4 Å². The zero-order valence-corrected chi connectivity index (χ0v) is 17.0. The monoisotopic (exact) mass is 423 g/mol. The second kappa shape index (κ2) is 7.92. The first-order valence-electron chi connectivity index (χ1n) is 9.88. The van der Waals surface area contributed by atoms with E-state index in [1.54, 1.807) is 6.07 Å². The summed E-state index contributed by atoms with van der Waals surface area (Å²) >= 11 is 0. The highest BCUT2D eigenvalue weighted by Gasteiger charge is 2.26. The van der Waals surface area contributed by atoms with Gasteiger partial charge in [0, 0.05) is 22.2 Å². The number of nitrogens with zero attached hydrogens (tertiary/aromatic N) is 4. The average molecular weight is 423 g/mol. The van der Waals surface area contributed by atoms with Crippen LogP contribution in [0.3, 0.4) is 0 Å². The highest BCUT2D eigenvalue weighted by molar-refractivity contribution is 5.94. The normalized spacial score (nSPS) is 10.9. The van der Waals surface area contributed by atoms with Gasteiger partial charge in [0.15, 0.2) is 0 Å². The maximum absolute atomic E-state index is 12.0. The molecule has 5 rings (SSSR count). The summed E-state index contributed by atoms with van der Waals surface area (Å²) in [4.78, 5) is 24.1. The van der Waals surface area contributed by atoms with Gasteiger partial charge in [-0.25, -0.2) is 4.98 Å². The fraction of sp³-hybridized carbons (Fsp3) is 0.0417. The predicted molar refractivity (Wildman–Crippen MR) is 122 cm³/mol. The summed E-state index contributed by atoms with van der Waals surface area (Å²) in [6.45, 7) is 1.91. The van der Waals surface area contributed by atoms with E-state index in [1.165, 1.54) is 6.33 Å². The number of nitrogens with one attached hydrogen (secondary N) is 1. The maximum atomic E-state index is 12.0. The van der Waals surface area contributed by atoms with Crippen molar-refractivity contribution in [1.29, 1.82) is 0 Å². The number of aromatic nitrogens is 3. The van der Waals surface area contributed by atoms with Crippen molar-refractivity contribution in [3.63, 3.8) is 0 Å². The molecule has 0 aliphatic heterocycles. The van der Waals surface area contributed by atoms with Crippen LogP contribution >= 0.6 is 0 Å². The highest BCUT2D eigenvalue weighted by atomic mass is 16.6. The quantitative estimate of drug-likeness (QED) is 0.276. The van der Waals surface area contributed by atoms with E-state index in [9.17, 15) is 10.1 Å². The molecule has 0 atom stereocenters. The summed E-state index contributed by atoms with van der Waals surface area (Å²) in [7, 11) is 0. The van der Waals surface area contributed by atoms with Gasteiger partial charge >= 0.3 is 11.6 Å². The van der Waals surface area contributed by atoms with Crippen LogP contribution in [0, 0.1) is 17.0 Å². The molecule has 32 heavy (non-hydrogen) atoms. The minimum Gasteiger partial charge on any atom is -0.433 e. The highest BCUT2D eigenvalue weighted by Crippen LogP contribution is 2.38. The lowest BCUT2D eigenvalue weighted by molar-refractivity contribution is -0.385. The second-order valence-corrected chi connectivity index (χ2v) is 7.16. The van der Waals surface area contributed by atoms with Gasteiger partial charge in [0.2, 0.25) is 5.82 Å². The maximum Gasteiger partial charge on any atom is 0.373 e. The van der Waals surface area contributed by atoms with Gasteiger partial charge in [-0.05, 0) is 42.6 Å². The van der Waals surface area contributed by atoms with Crippen molar-refractivity contribution in [2.75, 3.05) is 5.32 Å². The zero-order chi connectivity index (χ0) is 22.1. The van der Waals surface area contributed by atoms with Crippen molar-refractivity contribution in [2.45, 2.75) is 6.92 Å². The minimum absolute atomic E-state index is 0.0355. The summed E-state index contributed by atoms with van der Waals surface area (Å²) < 4.78 is 5.92. The molecule has 156 valence electrons. The van der Waals surface area contributed by atoms with Crippen LogP contribution < -0.4 is 10.1 Å². The van der Waals surface area contributed by atoms with Crippen LogP contribution in [0.5, 0.6) is 11.6 Å². The molecule has 0 amide bonds. The number of hydrogen-bond acceptors (Lipinski definition) is 7. The molecule has 0 radical (unpaired) electrons. The first-order chi connectivity index (χ1) is 15.6. The van der Waals surface area contributed by atoms with Crippen LogP contribution in [0.4, 0.5) is 17.2 Å². The Morgan fingerprint density at radius 2 is 1.72 bits per heavy atom. The lowest BCUT2D eigenvalue weighted by atomic mass is 10.1. The van der Waals surface area contributed by atoms with E-state index < -0.39 is 4.92 Å². The number of hydrogen-bond donors (Lipinski definition) is 1. The van der Waals surface area contributed by atoms with Gasteiger partial charge in [0.25, 0.3) is 0 Å². The molecule has 0 aliphatic rings. The number of benzene rings is 3. The van der Waals surface area contributed by atoms with Gasteiger partial charge < -0.3 is 10.1 Å². The fourth-order valence-corrected chi connectivity index (χ4v) is 3.58. The molecule has 5 aromatic rings. The molecular formula is C24H17N5O3.